The summed E-state index contributed by atoms with van der Waals surface area (Å²) >= 11 is 1.85. The SMILES string of the molecule is CC1(C)c2cc3sc4ccccc4c3cc2N(c2ccccc2)c2ccc3cc(C=C4C(=O)c5cc6ccccc6cc5C4=O)ccc3c21. The molecule has 2 heterocycles. The number of rotatable bonds is 2. The van der Waals surface area contributed by atoms with E-state index < -0.39 is 0 Å². The molecule has 0 saturated carbocycles. The van der Waals surface area contributed by atoms with Gasteiger partial charge >= 0.3 is 0 Å². The van der Waals surface area contributed by atoms with E-state index in [2.05, 4.69) is 110 Å². The number of para-hydroxylation sites is 1. The van der Waals surface area contributed by atoms with Crippen LogP contribution in [-0.4, -0.2) is 11.6 Å². The summed E-state index contributed by atoms with van der Waals surface area (Å²) in [6.45, 7) is 4.66. The minimum atomic E-state index is -0.305. The number of benzene rings is 7. The number of ketones is 2. The first-order valence-electron chi connectivity index (χ1n) is 16.6. The van der Waals surface area contributed by atoms with Crippen molar-refractivity contribution >= 4 is 87.8 Å². The zero-order valence-electron chi connectivity index (χ0n) is 27.0. The summed E-state index contributed by atoms with van der Waals surface area (Å²) in [5.41, 5.74) is 7.74. The molecule has 0 amide bonds. The number of hydrogen-bond acceptors (Lipinski definition) is 4. The van der Waals surface area contributed by atoms with Crippen molar-refractivity contribution < 1.29 is 9.59 Å². The zero-order chi connectivity index (χ0) is 33.0. The molecule has 4 heteroatoms. The highest BCUT2D eigenvalue weighted by Gasteiger charge is 2.39. The third-order valence-electron chi connectivity index (χ3n) is 10.5. The summed E-state index contributed by atoms with van der Waals surface area (Å²) in [4.78, 5) is 29.5. The van der Waals surface area contributed by atoms with Crippen LogP contribution >= 0.6 is 11.3 Å². The molecular formula is C45H29NO2S. The van der Waals surface area contributed by atoms with Crippen molar-refractivity contribution in [3.8, 4) is 0 Å². The van der Waals surface area contributed by atoms with Crippen LogP contribution in [0.5, 0.6) is 0 Å². The van der Waals surface area contributed by atoms with Gasteiger partial charge in [0.25, 0.3) is 0 Å². The fraction of sp³-hybridized carbons (Fsp3) is 0.0667. The van der Waals surface area contributed by atoms with Crippen LogP contribution in [0.1, 0.15) is 51.3 Å². The first-order chi connectivity index (χ1) is 23.9. The second-order valence-corrected chi connectivity index (χ2v) is 14.7. The van der Waals surface area contributed by atoms with E-state index in [4.69, 9.17) is 0 Å². The van der Waals surface area contributed by atoms with E-state index in [-0.39, 0.29) is 22.6 Å². The zero-order valence-corrected chi connectivity index (χ0v) is 27.8. The minimum absolute atomic E-state index is 0.208. The molecule has 10 rings (SSSR count). The van der Waals surface area contributed by atoms with Gasteiger partial charge < -0.3 is 4.90 Å². The first-order valence-corrected chi connectivity index (χ1v) is 17.4. The van der Waals surface area contributed by atoms with Crippen molar-refractivity contribution in [1.82, 2.24) is 0 Å². The van der Waals surface area contributed by atoms with Gasteiger partial charge in [0.05, 0.1) is 16.9 Å². The van der Waals surface area contributed by atoms with E-state index in [0.717, 1.165) is 38.5 Å². The Morgan fingerprint density at radius 3 is 2.02 bits per heavy atom. The molecule has 2 aliphatic rings. The van der Waals surface area contributed by atoms with Crippen LogP contribution in [0.15, 0.2) is 139 Å². The van der Waals surface area contributed by atoms with Gasteiger partial charge in [0.1, 0.15) is 0 Å². The van der Waals surface area contributed by atoms with Gasteiger partial charge in [-0.15, -0.1) is 11.3 Å². The average Bonchev–Trinajstić information content (AvgIpc) is 3.60. The molecule has 0 atom stereocenters. The van der Waals surface area contributed by atoms with Gasteiger partial charge in [-0.25, -0.2) is 0 Å². The van der Waals surface area contributed by atoms with Crippen LogP contribution in [0.4, 0.5) is 17.1 Å². The molecule has 0 spiro atoms. The highest BCUT2D eigenvalue weighted by atomic mass is 32.1. The largest absolute Gasteiger partial charge is 0.310 e. The molecule has 232 valence electrons. The Labute approximate surface area is 287 Å². The summed E-state index contributed by atoms with van der Waals surface area (Å²) in [7, 11) is 0. The Kier molecular flexibility index (Phi) is 5.80. The van der Waals surface area contributed by atoms with Crippen molar-refractivity contribution in [3.05, 3.63) is 167 Å². The third kappa shape index (κ3) is 4.01. The maximum Gasteiger partial charge on any atom is 0.197 e. The standard InChI is InChI=1S/C45H29NO2S/c1-45(2)37-25-41-33(32-14-8-9-15-40(32)49-41)24-39(37)46(30-12-4-3-5-13-30)38-19-17-29-20-26(16-18-31(29)42(38)45)21-36-43(47)34-22-27-10-6-7-11-28(27)23-35(34)44(36)48/h3-25H,1-2H3. The molecule has 0 radical (unpaired) electrons. The predicted molar refractivity (Wildman–Crippen MR) is 204 cm³/mol. The normalized spacial score (nSPS) is 14.9. The summed E-state index contributed by atoms with van der Waals surface area (Å²) in [6.07, 6.45) is 1.77. The molecule has 1 aliphatic carbocycles. The number of thiophene rings is 1. The Hall–Kier alpha value is -5.84. The fourth-order valence-corrected chi connectivity index (χ4v) is 9.27. The highest BCUT2D eigenvalue weighted by Crippen LogP contribution is 2.55. The van der Waals surface area contributed by atoms with Gasteiger partial charge in [0, 0.05) is 42.4 Å². The molecule has 7 aromatic carbocycles. The van der Waals surface area contributed by atoms with Crippen LogP contribution in [0.2, 0.25) is 0 Å². The van der Waals surface area contributed by atoms with E-state index in [1.807, 2.05) is 53.8 Å². The van der Waals surface area contributed by atoms with E-state index in [1.54, 1.807) is 6.08 Å². The van der Waals surface area contributed by atoms with E-state index in [0.29, 0.717) is 11.1 Å². The topological polar surface area (TPSA) is 37.4 Å². The van der Waals surface area contributed by atoms with Crippen molar-refractivity contribution in [2.75, 3.05) is 4.90 Å². The van der Waals surface area contributed by atoms with Crippen LogP contribution < -0.4 is 4.90 Å². The van der Waals surface area contributed by atoms with Crippen molar-refractivity contribution in [1.29, 1.82) is 0 Å². The lowest BCUT2D eigenvalue weighted by Gasteiger charge is -2.43. The number of hydrogen-bond donors (Lipinski definition) is 0. The van der Waals surface area contributed by atoms with E-state index in [1.165, 1.54) is 37.0 Å². The Morgan fingerprint density at radius 1 is 0.571 bits per heavy atom. The lowest BCUT2D eigenvalue weighted by Crippen LogP contribution is -2.31. The van der Waals surface area contributed by atoms with Gasteiger partial charge in [0.2, 0.25) is 0 Å². The van der Waals surface area contributed by atoms with Crippen molar-refractivity contribution in [2.45, 2.75) is 19.3 Å². The van der Waals surface area contributed by atoms with Crippen LogP contribution in [0, 0.1) is 0 Å². The average molecular weight is 648 g/mol. The molecule has 0 fully saturated rings. The number of carbonyl (C=O) groups is 2. The van der Waals surface area contributed by atoms with Gasteiger partial charge in [-0.1, -0.05) is 92.7 Å². The lowest BCUT2D eigenvalue weighted by molar-refractivity contribution is 0.0990. The molecule has 0 bridgehead atoms. The maximum absolute atomic E-state index is 13.5. The molecule has 3 nitrogen and oxygen atoms in total. The number of anilines is 3. The molecular weight excluding hydrogens is 619 g/mol. The molecule has 0 unspecified atom stereocenters. The van der Waals surface area contributed by atoms with Crippen LogP contribution in [-0.2, 0) is 5.41 Å². The second kappa shape index (κ2) is 10.1. The van der Waals surface area contributed by atoms with E-state index in [9.17, 15) is 9.59 Å². The summed E-state index contributed by atoms with van der Waals surface area (Å²) < 4.78 is 2.59. The van der Waals surface area contributed by atoms with Gasteiger partial charge in [-0.3, -0.25) is 9.59 Å². The first kappa shape index (κ1) is 28.2. The van der Waals surface area contributed by atoms with Crippen molar-refractivity contribution in [3.63, 3.8) is 0 Å². The summed E-state index contributed by atoms with van der Waals surface area (Å²) in [6, 6.07) is 46.4. The summed E-state index contributed by atoms with van der Waals surface area (Å²) in [5.74, 6) is -0.417. The van der Waals surface area contributed by atoms with Gasteiger partial charge in [0.15, 0.2) is 11.6 Å². The van der Waals surface area contributed by atoms with E-state index >= 15 is 0 Å². The Bertz CT molecular complexity index is 2730. The number of nitrogens with zero attached hydrogens (tertiary/aromatic N) is 1. The fourth-order valence-electron chi connectivity index (χ4n) is 8.14. The summed E-state index contributed by atoms with van der Waals surface area (Å²) in [5, 5.41) is 6.72. The minimum Gasteiger partial charge on any atom is -0.310 e. The number of fused-ring (bicyclic) bond motifs is 9. The number of allylic oxidation sites excluding steroid dienone is 1. The smallest absolute Gasteiger partial charge is 0.197 e. The van der Waals surface area contributed by atoms with Crippen molar-refractivity contribution in [2.24, 2.45) is 0 Å². The van der Waals surface area contributed by atoms with Crippen LogP contribution in [0.3, 0.4) is 0 Å². The van der Waals surface area contributed by atoms with Gasteiger partial charge in [-0.05, 0) is 98.9 Å². The lowest BCUT2D eigenvalue weighted by atomic mass is 9.71. The molecule has 8 aromatic rings. The third-order valence-corrected chi connectivity index (χ3v) is 11.6. The second-order valence-electron chi connectivity index (χ2n) is 13.7. The van der Waals surface area contributed by atoms with Crippen LogP contribution in [0.25, 0.3) is 47.8 Å². The predicted octanol–water partition coefficient (Wildman–Crippen LogP) is 11.9. The number of carbonyl (C=O) groups excluding carboxylic acids is 2. The number of Topliss-reactive ketones (excluding diaryl/α,β-unsaturated/α-hetero) is 2. The molecule has 1 aromatic heterocycles. The maximum atomic E-state index is 13.5. The monoisotopic (exact) mass is 647 g/mol. The molecule has 0 N–H and O–H groups in total. The van der Waals surface area contributed by atoms with Gasteiger partial charge in [-0.2, -0.15) is 0 Å². The quantitative estimate of drug-likeness (QED) is 0.138. The molecule has 1 aliphatic heterocycles. The Morgan fingerprint density at radius 2 is 1.27 bits per heavy atom. The Balaban J connectivity index is 1.14. The highest BCUT2D eigenvalue weighted by molar-refractivity contribution is 7.25. The molecule has 49 heavy (non-hydrogen) atoms. The molecule has 0 saturated heterocycles.